The first kappa shape index (κ1) is 17.0. The molecule has 0 saturated carbocycles. The van der Waals surface area contributed by atoms with Gasteiger partial charge in [-0.1, -0.05) is 18.2 Å². The van der Waals surface area contributed by atoms with Gasteiger partial charge in [0, 0.05) is 4.88 Å². The van der Waals surface area contributed by atoms with Gasteiger partial charge >= 0.3 is 6.03 Å². The first-order valence-electron chi connectivity index (χ1n) is 7.23. The third-order valence-corrected chi connectivity index (χ3v) is 4.66. The van der Waals surface area contributed by atoms with Crippen molar-refractivity contribution in [2.75, 3.05) is 6.54 Å². The molecule has 23 heavy (non-hydrogen) atoms. The van der Waals surface area contributed by atoms with E-state index in [0.29, 0.717) is 5.56 Å². The molecule has 0 aliphatic carbocycles. The maximum absolute atomic E-state index is 12.0. The highest BCUT2D eigenvalue weighted by Crippen LogP contribution is 2.24. The smallest absolute Gasteiger partial charge is 0.315 e. The highest BCUT2D eigenvalue weighted by Gasteiger charge is 2.25. The van der Waals surface area contributed by atoms with Crippen molar-refractivity contribution in [1.29, 1.82) is 5.26 Å². The molecule has 5 nitrogen and oxygen atoms in total. The van der Waals surface area contributed by atoms with Gasteiger partial charge in [-0.25, -0.2) is 4.79 Å². The third kappa shape index (κ3) is 4.55. The molecule has 2 atom stereocenters. The Labute approximate surface area is 139 Å². The van der Waals surface area contributed by atoms with Gasteiger partial charge in [-0.15, -0.1) is 11.3 Å². The Bertz CT molecular complexity index is 688. The molecule has 0 bridgehead atoms. The summed E-state index contributed by atoms with van der Waals surface area (Å²) in [5.74, 6) is 0. The van der Waals surface area contributed by atoms with E-state index in [2.05, 4.69) is 16.7 Å². The number of nitriles is 1. The lowest BCUT2D eigenvalue weighted by molar-refractivity contribution is 0.0630. The molecule has 0 aliphatic heterocycles. The molecule has 1 aromatic heterocycles. The zero-order valence-electron chi connectivity index (χ0n) is 13.0. The third-order valence-electron chi connectivity index (χ3n) is 3.53. The normalized spacial score (nSPS) is 14.3. The lowest BCUT2D eigenvalue weighted by Crippen LogP contribution is -2.43. The minimum Gasteiger partial charge on any atom is -0.383 e. The van der Waals surface area contributed by atoms with Gasteiger partial charge in [-0.2, -0.15) is 5.26 Å². The number of nitrogens with zero attached hydrogens (tertiary/aromatic N) is 1. The van der Waals surface area contributed by atoms with Crippen LogP contribution in [0.3, 0.4) is 0 Å². The van der Waals surface area contributed by atoms with Crippen molar-refractivity contribution in [3.8, 4) is 6.07 Å². The zero-order valence-corrected chi connectivity index (χ0v) is 13.9. The van der Waals surface area contributed by atoms with Crippen LogP contribution in [0.15, 0.2) is 41.8 Å². The minimum atomic E-state index is -1.09. The molecule has 6 heteroatoms. The molecule has 2 unspecified atom stereocenters. The number of hydrogen-bond donors (Lipinski definition) is 3. The van der Waals surface area contributed by atoms with E-state index in [1.165, 1.54) is 11.3 Å². The molecule has 0 fully saturated rings. The van der Waals surface area contributed by atoms with Gasteiger partial charge in [0.2, 0.25) is 0 Å². The zero-order chi connectivity index (χ0) is 16.9. The quantitative estimate of drug-likeness (QED) is 0.788. The van der Waals surface area contributed by atoms with Crippen LogP contribution in [0.1, 0.15) is 35.9 Å². The van der Waals surface area contributed by atoms with Crippen molar-refractivity contribution in [3.05, 3.63) is 57.8 Å². The number of carbonyl (C=O) groups excluding carboxylic acids is 1. The molecule has 0 aliphatic rings. The molecule has 1 aromatic carbocycles. The average molecular weight is 329 g/mol. The van der Waals surface area contributed by atoms with Crippen LogP contribution in [0.25, 0.3) is 0 Å². The van der Waals surface area contributed by atoms with Gasteiger partial charge in [-0.3, -0.25) is 0 Å². The van der Waals surface area contributed by atoms with Crippen LogP contribution in [-0.4, -0.2) is 17.7 Å². The standard InChI is InChI=1S/C17H19N3O2S/c1-12(14-7-5-13(10-18)6-8-14)20-16(21)19-11-17(2,22)15-4-3-9-23-15/h3-9,12,22H,11H2,1-2H3,(H2,19,20,21). The van der Waals surface area contributed by atoms with Gasteiger partial charge < -0.3 is 15.7 Å². The topological polar surface area (TPSA) is 85.2 Å². The summed E-state index contributed by atoms with van der Waals surface area (Å²) >= 11 is 1.45. The summed E-state index contributed by atoms with van der Waals surface area (Å²) in [5.41, 5.74) is 0.393. The van der Waals surface area contributed by atoms with Gasteiger partial charge in [0.15, 0.2) is 0 Å². The molecule has 2 amide bonds. The van der Waals surface area contributed by atoms with Crippen LogP contribution >= 0.6 is 11.3 Å². The Hall–Kier alpha value is -2.36. The van der Waals surface area contributed by atoms with Crippen molar-refractivity contribution < 1.29 is 9.90 Å². The van der Waals surface area contributed by atoms with Crippen molar-refractivity contribution in [2.24, 2.45) is 0 Å². The number of aliphatic hydroxyl groups is 1. The van der Waals surface area contributed by atoms with E-state index in [1.54, 1.807) is 19.1 Å². The summed E-state index contributed by atoms with van der Waals surface area (Å²) < 4.78 is 0. The van der Waals surface area contributed by atoms with Gasteiger partial charge in [0.05, 0.1) is 24.2 Å². The van der Waals surface area contributed by atoms with Crippen molar-refractivity contribution in [2.45, 2.75) is 25.5 Å². The maximum Gasteiger partial charge on any atom is 0.315 e. The molecule has 0 radical (unpaired) electrons. The number of carbonyl (C=O) groups is 1. The van der Waals surface area contributed by atoms with Crippen molar-refractivity contribution in [1.82, 2.24) is 10.6 Å². The van der Waals surface area contributed by atoms with E-state index in [1.807, 2.05) is 36.6 Å². The number of benzene rings is 1. The number of thiophene rings is 1. The van der Waals surface area contributed by atoms with E-state index in [4.69, 9.17) is 5.26 Å². The molecular formula is C17H19N3O2S. The summed E-state index contributed by atoms with van der Waals surface area (Å²) in [7, 11) is 0. The van der Waals surface area contributed by atoms with E-state index < -0.39 is 5.60 Å². The van der Waals surface area contributed by atoms with Gasteiger partial charge in [-0.05, 0) is 43.0 Å². The van der Waals surface area contributed by atoms with E-state index >= 15 is 0 Å². The molecule has 2 rings (SSSR count). The van der Waals surface area contributed by atoms with Gasteiger partial charge in [0.1, 0.15) is 5.60 Å². The van der Waals surface area contributed by atoms with Crippen LogP contribution < -0.4 is 10.6 Å². The molecule has 120 valence electrons. The molecule has 2 aromatic rings. The number of urea groups is 1. The summed E-state index contributed by atoms with van der Waals surface area (Å²) in [4.78, 5) is 12.8. The Morgan fingerprint density at radius 3 is 2.65 bits per heavy atom. The summed E-state index contributed by atoms with van der Waals surface area (Å²) in [6.45, 7) is 3.65. The second-order valence-corrected chi connectivity index (χ2v) is 6.48. The molecule has 1 heterocycles. The SMILES string of the molecule is CC(NC(=O)NCC(C)(O)c1cccs1)c1ccc(C#N)cc1. The average Bonchev–Trinajstić information content (AvgIpc) is 3.08. The molecule has 3 N–H and O–H groups in total. The van der Waals surface area contributed by atoms with E-state index in [-0.39, 0.29) is 18.6 Å². The Morgan fingerprint density at radius 1 is 1.39 bits per heavy atom. The summed E-state index contributed by atoms with van der Waals surface area (Å²) in [5, 5.41) is 26.5. The summed E-state index contributed by atoms with van der Waals surface area (Å²) in [6.07, 6.45) is 0. The van der Waals surface area contributed by atoms with Crippen LogP contribution in [0.5, 0.6) is 0 Å². The van der Waals surface area contributed by atoms with Crippen LogP contribution in [-0.2, 0) is 5.60 Å². The lowest BCUT2D eigenvalue weighted by Gasteiger charge is -2.23. The predicted molar refractivity (Wildman–Crippen MR) is 90.0 cm³/mol. The van der Waals surface area contributed by atoms with Gasteiger partial charge in [0.25, 0.3) is 0 Å². The fraction of sp³-hybridized carbons (Fsp3) is 0.294. The van der Waals surface area contributed by atoms with E-state index in [9.17, 15) is 9.90 Å². The van der Waals surface area contributed by atoms with Crippen molar-refractivity contribution >= 4 is 17.4 Å². The number of amides is 2. The maximum atomic E-state index is 12.0. The number of rotatable bonds is 5. The number of nitrogens with one attached hydrogen (secondary N) is 2. The van der Waals surface area contributed by atoms with Crippen molar-refractivity contribution in [3.63, 3.8) is 0 Å². The lowest BCUT2D eigenvalue weighted by atomic mass is 10.1. The molecule has 0 spiro atoms. The monoisotopic (exact) mass is 329 g/mol. The highest BCUT2D eigenvalue weighted by molar-refractivity contribution is 7.10. The van der Waals surface area contributed by atoms with Crippen LogP contribution in [0.2, 0.25) is 0 Å². The summed E-state index contributed by atoms with van der Waals surface area (Å²) in [6, 6.07) is 12.3. The Kier molecular flexibility index (Phi) is 5.37. The van der Waals surface area contributed by atoms with Crippen LogP contribution in [0.4, 0.5) is 4.79 Å². The Morgan fingerprint density at radius 2 is 2.09 bits per heavy atom. The Balaban J connectivity index is 1.88. The second kappa shape index (κ2) is 7.27. The molecule has 0 saturated heterocycles. The fourth-order valence-electron chi connectivity index (χ4n) is 2.10. The fourth-order valence-corrected chi connectivity index (χ4v) is 2.89. The second-order valence-electron chi connectivity index (χ2n) is 5.53. The van der Waals surface area contributed by atoms with Crippen LogP contribution in [0, 0.1) is 11.3 Å². The molecular weight excluding hydrogens is 310 g/mol. The first-order valence-corrected chi connectivity index (χ1v) is 8.11. The minimum absolute atomic E-state index is 0.124. The predicted octanol–water partition coefficient (Wildman–Crippen LogP) is 2.89. The number of hydrogen-bond acceptors (Lipinski definition) is 4. The largest absolute Gasteiger partial charge is 0.383 e. The van der Waals surface area contributed by atoms with E-state index in [0.717, 1.165) is 10.4 Å². The first-order chi connectivity index (χ1) is 10.9. The highest BCUT2D eigenvalue weighted by atomic mass is 32.1.